The van der Waals surface area contributed by atoms with E-state index in [4.69, 9.17) is 4.74 Å². The van der Waals surface area contributed by atoms with Crippen molar-refractivity contribution in [2.45, 2.75) is 13.0 Å². The van der Waals surface area contributed by atoms with Crippen LogP contribution in [0.25, 0.3) is 6.08 Å². The van der Waals surface area contributed by atoms with Gasteiger partial charge in [0.05, 0.1) is 7.11 Å². The smallest absolute Gasteiger partial charge is 0.247 e. The SMILES string of the molecule is COc1ccc(N2CCN(Cc3ccccc3)CC2)c(C=C2CCNC2=O)c1. The standard InChI is InChI=1S/C23H27N3O2/c1-28-21-7-8-22(20(16-21)15-19-9-10-24-23(19)27)26-13-11-25(12-14-26)17-18-5-3-2-4-6-18/h2-8,15-16H,9-14,17H2,1H3,(H,24,27). The summed E-state index contributed by atoms with van der Waals surface area (Å²) in [6.07, 6.45) is 2.80. The van der Waals surface area contributed by atoms with Gasteiger partial charge in [-0.1, -0.05) is 30.3 Å². The Morgan fingerprint density at radius 2 is 1.86 bits per heavy atom. The van der Waals surface area contributed by atoms with Gasteiger partial charge in [-0.2, -0.15) is 0 Å². The van der Waals surface area contributed by atoms with Crippen molar-refractivity contribution in [3.05, 3.63) is 65.2 Å². The van der Waals surface area contributed by atoms with Crippen molar-refractivity contribution in [3.8, 4) is 5.75 Å². The molecule has 0 unspecified atom stereocenters. The van der Waals surface area contributed by atoms with Crippen molar-refractivity contribution in [2.75, 3.05) is 44.7 Å². The molecule has 5 heteroatoms. The molecule has 2 aromatic rings. The maximum Gasteiger partial charge on any atom is 0.247 e. The normalized spacial score (nSPS) is 19.1. The van der Waals surface area contributed by atoms with E-state index in [2.05, 4.69) is 51.5 Å². The van der Waals surface area contributed by atoms with E-state index in [1.165, 1.54) is 11.3 Å². The van der Waals surface area contributed by atoms with E-state index in [0.29, 0.717) is 0 Å². The van der Waals surface area contributed by atoms with Crippen LogP contribution >= 0.6 is 0 Å². The molecular formula is C23H27N3O2. The zero-order valence-electron chi connectivity index (χ0n) is 16.4. The number of rotatable bonds is 5. The van der Waals surface area contributed by atoms with Gasteiger partial charge in [0.15, 0.2) is 0 Å². The zero-order chi connectivity index (χ0) is 19.3. The number of carbonyl (C=O) groups is 1. The van der Waals surface area contributed by atoms with Crippen LogP contribution in [-0.4, -0.2) is 50.6 Å². The van der Waals surface area contributed by atoms with Gasteiger partial charge in [-0.25, -0.2) is 0 Å². The zero-order valence-corrected chi connectivity index (χ0v) is 16.4. The fraction of sp³-hybridized carbons (Fsp3) is 0.348. The van der Waals surface area contributed by atoms with E-state index in [1.54, 1.807) is 7.11 Å². The fourth-order valence-corrected chi connectivity index (χ4v) is 3.91. The Hall–Kier alpha value is -2.79. The van der Waals surface area contributed by atoms with Gasteiger partial charge < -0.3 is 15.0 Å². The molecule has 2 aliphatic rings. The summed E-state index contributed by atoms with van der Waals surface area (Å²) in [7, 11) is 1.68. The van der Waals surface area contributed by atoms with Gasteiger partial charge in [0.2, 0.25) is 5.91 Å². The molecule has 4 rings (SSSR count). The summed E-state index contributed by atoms with van der Waals surface area (Å²) in [5.74, 6) is 0.859. The van der Waals surface area contributed by atoms with Crippen molar-refractivity contribution in [1.29, 1.82) is 0 Å². The minimum Gasteiger partial charge on any atom is -0.497 e. The van der Waals surface area contributed by atoms with Crippen LogP contribution in [0, 0.1) is 0 Å². The highest BCUT2D eigenvalue weighted by atomic mass is 16.5. The first kappa shape index (κ1) is 18.6. The number of hydrogen-bond acceptors (Lipinski definition) is 4. The molecule has 0 atom stereocenters. The number of carbonyl (C=O) groups excluding carboxylic acids is 1. The number of anilines is 1. The summed E-state index contributed by atoms with van der Waals surface area (Å²) < 4.78 is 5.42. The van der Waals surface area contributed by atoms with Crippen molar-refractivity contribution < 1.29 is 9.53 Å². The third-order valence-corrected chi connectivity index (χ3v) is 5.50. The molecule has 2 fully saturated rings. The Balaban J connectivity index is 1.49. The largest absolute Gasteiger partial charge is 0.497 e. The molecule has 0 saturated carbocycles. The first-order valence-electron chi connectivity index (χ1n) is 9.91. The van der Waals surface area contributed by atoms with Gasteiger partial charge in [0.25, 0.3) is 0 Å². The van der Waals surface area contributed by atoms with Gasteiger partial charge in [-0.05, 0) is 36.3 Å². The monoisotopic (exact) mass is 377 g/mol. The highest BCUT2D eigenvalue weighted by Crippen LogP contribution is 2.29. The first-order chi connectivity index (χ1) is 13.7. The van der Waals surface area contributed by atoms with Crippen LogP contribution in [0.2, 0.25) is 0 Å². The molecule has 2 aromatic carbocycles. The molecule has 2 heterocycles. The minimum atomic E-state index is 0.0430. The predicted octanol–water partition coefficient (Wildman–Crippen LogP) is 2.92. The molecule has 2 aliphatic heterocycles. The van der Waals surface area contributed by atoms with Gasteiger partial charge >= 0.3 is 0 Å². The Bertz CT molecular complexity index is 855. The third kappa shape index (κ3) is 4.20. The van der Waals surface area contributed by atoms with Crippen LogP contribution in [0.3, 0.4) is 0 Å². The van der Waals surface area contributed by atoms with Gasteiger partial charge in [-0.3, -0.25) is 9.69 Å². The molecule has 28 heavy (non-hydrogen) atoms. The van der Waals surface area contributed by atoms with E-state index in [-0.39, 0.29) is 5.91 Å². The van der Waals surface area contributed by atoms with Gasteiger partial charge in [-0.15, -0.1) is 0 Å². The second-order valence-corrected chi connectivity index (χ2v) is 7.35. The molecule has 2 saturated heterocycles. The number of methoxy groups -OCH3 is 1. The van der Waals surface area contributed by atoms with E-state index in [9.17, 15) is 4.79 Å². The Morgan fingerprint density at radius 3 is 2.54 bits per heavy atom. The highest BCUT2D eigenvalue weighted by molar-refractivity contribution is 6.00. The van der Waals surface area contributed by atoms with Crippen LogP contribution < -0.4 is 15.0 Å². The summed E-state index contributed by atoms with van der Waals surface area (Å²) in [5.41, 5.74) is 4.44. The summed E-state index contributed by atoms with van der Waals surface area (Å²) in [4.78, 5) is 16.9. The summed E-state index contributed by atoms with van der Waals surface area (Å²) in [6.45, 7) is 5.72. The minimum absolute atomic E-state index is 0.0430. The average Bonchev–Trinajstić information content (AvgIpc) is 3.14. The van der Waals surface area contributed by atoms with Crippen LogP contribution in [0.15, 0.2) is 54.1 Å². The summed E-state index contributed by atoms with van der Waals surface area (Å²) >= 11 is 0. The number of amides is 1. The molecule has 0 spiro atoms. The lowest BCUT2D eigenvalue weighted by Gasteiger charge is -2.37. The van der Waals surface area contributed by atoms with E-state index < -0.39 is 0 Å². The number of ether oxygens (including phenoxy) is 1. The number of nitrogens with one attached hydrogen (secondary N) is 1. The lowest BCUT2D eigenvalue weighted by molar-refractivity contribution is -0.116. The molecule has 0 bridgehead atoms. The molecule has 146 valence electrons. The second kappa shape index (κ2) is 8.48. The average molecular weight is 377 g/mol. The maximum absolute atomic E-state index is 12.0. The Morgan fingerprint density at radius 1 is 1.07 bits per heavy atom. The van der Waals surface area contributed by atoms with Crippen molar-refractivity contribution in [3.63, 3.8) is 0 Å². The summed E-state index contributed by atoms with van der Waals surface area (Å²) in [6, 6.07) is 16.8. The Labute approximate surface area is 166 Å². The molecule has 1 N–H and O–H groups in total. The first-order valence-corrected chi connectivity index (χ1v) is 9.91. The lowest BCUT2D eigenvalue weighted by Crippen LogP contribution is -2.46. The fourth-order valence-electron chi connectivity index (χ4n) is 3.91. The van der Waals surface area contributed by atoms with Crippen LogP contribution in [0.1, 0.15) is 17.5 Å². The van der Waals surface area contributed by atoms with Crippen LogP contribution in [0.4, 0.5) is 5.69 Å². The van der Waals surface area contributed by atoms with Crippen LogP contribution in [-0.2, 0) is 11.3 Å². The summed E-state index contributed by atoms with van der Waals surface area (Å²) in [5, 5.41) is 2.89. The van der Waals surface area contributed by atoms with Crippen molar-refractivity contribution >= 4 is 17.7 Å². The molecule has 0 radical (unpaired) electrons. The number of nitrogens with zero attached hydrogens (tertiary/aromatic N) is 2. The molecule has 5 nitrogen and oxygen atoms in total. The lowest BCUT2D eigenvalue weighted by atomic mass is 10.1. The number of piperazine rings is 1. The number of hydrogen-bond donors (Lipinski definition) is 1. The van der Waals surface area contributed by atoms with E-state index in [0.717, 1.165) is 62.6 Å². The number of benzene rings is 2. The van der Waals surface area contributed by atoms with E-state index >= 15 is 0 Å². The van der Waals surface area contributed by atoms with Gasteiger partial charge in [0, 0.05) is 56.1 Å². The van der Waals surface area contributed by atoms with Crippen molar-refractivity contribution in [1.82, 2.24) is 10.2 Å². The van der Waals surface area contributed by atoms with E-state index in [1.807, 2.05) is 18.2 Å². The van der Waals surface area contributed by atoms with Crippen LogP contribution in [0.5, 0.6) is 5.75 Å². The topological polar surface area (TPSA) is 44.8 Å². The Kier molecular flexibility index (Phi) is 5.63. The quantitative estimate of drug-likeness (QED) is 0.814. The predicted molar refractivity (Wildman–Crippen MR) is 113 cm³/mol. The maximum atomic E-state index is 12.0. The highest BCUT2D eigenvalue weighted by Gasteiger charge is 2.21. The second-order valence-electron chi connectivity index (χ2n) is 7.35. The van der Waals surface area contributed by atoms with Crippen molar-refractivity contribution in [2.24, 2.45) is 0 Å². The molecule has 0 aromatic heterocycles. The third-order valence-electron chi connectivity index (χ3n) is 5.50. The molecule has 1 amide bonds. The molecule has 0 aliphatic carbocycles. The van der Waals surface area contributed by atoms with Gasteiger partial charge in [0.1, 0.15) is 5.75 Å². The molecular weight excluding hydrogens is 350 g/mol.